The van der Waals surface area contributed by atoms with Crippen molar-refractivity contribution in [3.05, 3.63) is 47.8 Å². The number of nitrogens with two attached hydrogens (primary N) is 1. The molecule has 4 heteroatoms. The van der Waals surface area contributed by atoms with Gasteiger partial charge in [0, 0.05) is 18.3 Å². The molecule has 2 N–H and O–H groups in total. The van der Waals surface area contributed by atoms with Gasteiger partial charge in [-0.25, -0.2) is 4.39 Å². The van der Waals surface area contributed by atoms with Gasteiger partial charge in [0.15, 0.2) is 0 Å². The van der Waals surface area contributed by atoms with Crippen LogP contribution in [0.3, 0.4) is 0 Å². The normalized spacial score (nSPS) is 13.5. The second-order valence-corrected chi connectivity index (χ2v) is 4.60. The number of anilines is 3. The summed E-state index contributed by atoms with van der Waals surface area (Å²) in [5, 5.41) is 0. The van der Waals surface area contributed by atoms with Crippen molar-refractivity contribution in [2.24, 2.45) is 0 Å². The van der Waals surface area contributed by atoms with Gasteiger partial charge in [0.1, 0.15) is 11.6 Å². The van der Waals surface area contributed by atoms with Crippen molar-refractivity contribution in [2.45, 2.75) is 6.42 Å². The second kappa shape index (κ2) is 4.46. The number of benzene rings is 2. The minimum absolute atomic E-state index is 0.230. The molecule has 0 unspecified atom stereocenters. The van der Waals surface area contributed by atoms with E-state index >= 15 is 0 Å². The average Bonchev–Trinajstić information content (AvgIpc) is 2.82. The molecule has 3 nitrogen and oxygen atoms in total. The Morgan fingerprint density at radius 2 is 2.00 bits per heavy atom. The molecule has 0 saturated heterocycles. The van der Waals surface area contributed by atoms with Crippen LogP contribution in [-0.2, 0) is 6.42 Å². The number of methoxy groups -OCH3 is 1. The third-order valence-electron chi connectivity index (χ3n) is 3.47. The molecule has 2 aromatic carbocycles. The lowest BCUT2D eigenvalue weighted by atomic mass is 10.1. The number of hydrogen-bond acceptors (Lipinski definition) is 3. The lowest BCUT2D eigenvalue weighted by Gasteiger charge is -2.22. The molecule has 0 atom stereocenters. The smallest absolute Gasteiger partial charge is 0.125 e. The summed E-state index contributed by atoms with van der Waals surface area (Å²) in [6.07, 6.45) is 0.895. The number of fused-ring (bicyclic) bond motifs is 1. The molecule has 0 spiro atoms. The summed E-state index contributed by atoms with van der Waals surface area (Å²) in [4.78, 5) is 2.04. The molecule has 0 saturated carbocycles. The first-order chi connectivity index (χ1) is 9.19. The number of ether oxygens (including phenoxy) is 1. The molecule has 19 heavy (non-hydrogen) atoms. The Bertz CT molecular complexity index is 628. The van der Waals surface area contributed by atoms with Gasteiger partial charge >= 0.3 is 0 Å². The van der Waals surface area contributed by atoms with E-state index in [1.807, 2.05) is 29.2 Å². The van der Waals surface area contributed by atoms with Gasteiger partial charge < -0.3 is 15.4 Å². The SMILES string of the molecule is COc1ccc(N)c(N2CCc3ccc(F)cc32)c1. The third kappa shape index (κ3) is 1.99. The van der Waals surface area contributed by atoms with Crippen LogP contribution in [0, 0.1) is 5.82 Å². The first-order valence-corrected chi connectivity index (χ1v) is 6.18. The van der Waals surface area contributed by atoms with Crippen LogP contribution < -0.4 is 15.4 Å². The lowest BCUT2D eigenvalue weighted by molar-refractivity contribution is 0.415. The van der Waals surface area contributed by atoms with Gasteiger partial charge in [-0.1, -0.05) is 6.07 Å². The maximum Gasteiger partial charge on any atom is 0.125 e. The number of nitrogens with zero attached hydrogens (tertiary/aromatic N) is 1. The van der Waals surface area contributed by atoms with Crippen molar-refractivity contribution in [1.82, 2.24) is 0 Å². The van der Waals surface area contributed by atoms with Crippen molar-refractivity contribution in [2.75, 3.05) is 24.3 Å². The predicted octanol–water partition coefficient (Wildman–Crippen LogP) is 3.11. The molecule has 1 heterocycles. The Kier molecular flexibility index (Phi) is 2.78. The monoisotopic (exact) mass is 258 g/mol. The molecule has 2 aromatic rings. The van der Waals surface area contributed by atoms with Crippen molar-refractivity contribution in [1.29, 1.82) is 0 Å². The van der Waals surface area contributed by atoms with E-state index in [9.17, 15) is 4.39 Å². The van der Waals surface area contributed by atoms with Gasteiger partial charge in [0.05, 0.1) is 18.5 Å². The van der Waals surface area contributed by atoms with Crippen LogP contribution in [-0.4, -0.2) is 13.7 Å². The van der Waals surface area contributed by atoms with Crippen molar-refractivity contribution >= 4 is 17.1 Å². The van der Waals surface area contributed by atoms with E-state index < -0.39 is 0 Å². The number of halogens is 1. The third-order valence-corrected chi connectivity index (χ3v) is 3.47. The number of rotatable bonds is 2. The Hall–Kier alpha value is -2.23. The topological polar surface area (TPSA) is 38.5 Å². The van der Waals surface area contributed by atoms with Gasteiger partial charge in [-0.05, 0) is 36.2 Å². The highest BCUT2D eigenvalue weighted by atomic mass is 19.1. The van der Waals surface area contributed by atoms with Crippen LogP contribution in [0.25, 0.3) is 0 Å². The molecular weight excluding hydrogens is 243 g/mol. The minimum Gasteiger partial charge on any atom is -0.497 e. The molecule has 1 aliphatic heterocycles. The molecule has 0 fully saturated rings. The Labute approximate surface area is 111 Å². The summed E-state index contributed by atoms with van der Waals surface area (Å²) in [7, 11) is 1.62. The first-order valence-electron chi connectivity index (χ1n) is 6.18. The largest absolute Gasteiger partial charge is 0.497 e. The molecule has 3 rings (SSSR count). The average molecular weight is 258 g/mol. The number of hydrogen-bond donors (Lipinski definition) is 1. The van der Waals surface area contributed by atoms with Crippen LogP contribution in [0.1, 0.15) is 5.56 Å². The molecule has 0 radical (unpaired) electrons. The van der Waals surface area contributed by atoms with Crippen molar-refractivity contribution in [3.8, 4) is 5.75 Å². The van der Waals surface area contributed by atoms with Crippen molar-refractivity contribution < 1.29 is 9.13 Å². The fourth-order valence-corrected chi connectivity index (χ4v) is 2.49. The molecule has 1 aliphatic rings. The van der Waals surface area contributed by atoms with E-state index in [0.29, 0.717) is 5.69 Å². The van der Waals surface area contributed by atoms with Gasteiger partial charge in [-0.2, -0.15) is 0 Å². The predicted molar refractivity (Wildman–Crippen MR) is 74.5 cm³/mol. The van der Waals surface area contributed by atoms with Gasteiger partial charge in [0.25, 0.3) is 0 Å². The molecule has 0 amide bonds. The van der Waals surface area contributed by atoms with Crippen LogP contribution in [0.4, 0.5) is 21.5 Å². The van der Waals surface area contributed by atoms with E-state index in [1.54, 1.807) is 13.2 Å². The van der Waals surface area contributed by atoms with Gasteiger partial charge in [-0.3, -0.25) is 0 Å². The highest BCUT2D eigenvalue weighted by molar-refractivity contribution is 5.79. The molecule has 0 bridgehead atoms. The molecular formula is C15H15FN2O. The van der Waals surface area contributed by atoms with E-state index in [2.05, 4.69) is 0 Å². The van der Waals surface area contributed by atoms with E-state index in [-0.39, 0.29) is 5.82 Å². The standard InChI is InChI=1S/C15H15FN2O/c1-19-12-4-5-13(17)15(9-12)18-7-6-10-2-3-11(16)8-14(10)18/h2-5,8-9H,6-7,17H2,1H3. The zero-order valence-electron chi connectivity index (χ0n) is 10.7. The second-order valence-electron chi connectivity index (χ2n) is 4.60. The summed E-state index contributed by atoms with van der Waals surface area (Å²) in [6, 6.07) is 10.4. The quantitative estimate of drug-likeness (QED) is 0.841. The van der Waals surface area contributed by atoms with Crippen LogP contribution in [0.5, 0.6) is 5.75 Å². The Morgan fingerprint density at radius 1 is 1.16 bits per heavy atom. The Balaban J connectivity index is 2.08. The maximum atomic E-state index is 13.4. The van der Waals surface area contributed by atoms with Gasteiger partial charge in [0.2, 0.25) is 0 Å². The van der Waals surface area contributed by atoms with Crippen LogP contribution in [0.15, 0.2) is 36.4 Å². The van der Waals surface area contributed by atoms with Gasteiger partial charge in [-0.15, -0.1) is 0 Å². The van der Waals surface area contributed by atoms with E-state index in [1.165, 1.54) is 6.07 Å². The highest BCUT2D eigenvalue weighted by Crippen LogP contribution is 2.39. The number of nitrogen functional groups attached to an aromatic ring is 1. The summed E-state index contributed by atoms with van der Waals surface area (Å²) in [5.41, 5.74) is 9.59. The molecule has 98 valence electrons. The van der Waals surface area contributed by atoms with Crippen molar-refractivity contribution in [3.63, 3.8) is 0 Å². The highest BCUT2D eigenvalue weighted by Gasteiger charge is 2.22. The van der Waals surface area contributed by atoms with E-state index in [0.717, 1.165) is 35.7 Å². The zero-order chi connectivity index (χ0) is 13.4. The maximum absolute atomic E-state index is 13.4. The fourth-order valence-electron chi connectivity index (χ4n) is 2.49. The summed E-state index contributed by atoms with van der Waals surface area (Å²) in [6.45, 7) is 0.802. The summed E-state index contributed by atoms with van der Waals surface area (Å²) >= 11 is 0. The van der Waals surface area contributed by atoms with E-state index in [4.69, 9.17) is 10.5 Å². The first kappa shape index (κ1) is 11.8. The lowest BCUT2D eigenvalue weighted by Crippen LogP contribution is -2.15. The molecule has 0 aliphatic carbocycles. The minimum atomic E-state index is -0.230. The van der Waals surface area contributed by atoms with Crippen LogP contribution in [0.2, 0.25) is 0 Å². The Morgan fingerprint density at radius 3 is 2.79 bits per heavy atom. The zero-order valence-corrected chi connectivity index (χ0v) is 10.7. The summed E-state index contributed by atoms with van der Waals surface area (Å²) < 4.78 is 18.6. The molecule has 0 aromatic heterocycles. The summed E-state index contributed by atoms with van der Waals surface area (Å²) in [5.74, 6) is 0.515. The fraction of sp³-hybridized carbons (Fsp3) is 0.200. The van der Waals surface area contributed by atoms with Crippen LogP contribution >= 0.6 is 0 Å².